The van der Waals surface area contributed by atoms with Crippen LogP contribution in [0.5, 0.6) is 0 Å². The van der Waals surface area contributed by atoms with E-state index in [0.29, 0.717) is 11.5 Å². The van der Waals surface area contributed by atoms with E-state index in [9.17, 15) is 14.7 Å². The lowest BCUT2D eigenvalue weighted by molar-refractivity contribution is -0.122. The Morgan fingerprint density at radius 1 is 1.08 bits per heavy atom. The molecule has 24 heavy (non-hydrogen) atoms. The average molecular weight is 331 g/mol. The molecule has 1 aliphatic rings. The van der Waals surface area contributed by atoms with Gasteiger partial charge in [-0.2, -0.15) is 0 Å². The summed E-state index contributed by atoms with van der Waals surface area (Å²) < 4.78 is 0. The maximum Gasteiger partial charge on any atom is 0.220 e. The second-order valence-corrected chi connectivity index (χ2v) is 7.29. The Kier molecular flexibility index (Phi) is 6.98. The Balaban J connectivity index is 1.74. The van der Waals surface area contributed by atoms with Gasteiger partial charge in [0.1, 0.15) is 0 Å². The van der Waals surface area contributed by atoms with Gasteiger partial charge in [-0.05, 0) is 43.6 Å². The zero-order valence-corrected chi connectivity index (χ0v) is 14.8. The predicted octanol–water partition coefficient (Wildman–Crippen LogP) is 3.27. The minimum Gasteiger partial charge on any atom is -0.393 e. The molecular formula is C20H29NO3. The first-order chi connectivity index (χ1) is 11.4. The third-order valence-corrected chi connectivity index (χ3v) is 4.56. The smallest absolute Gasteiger partial charge is 0.220 e. The summed E-state index contributed by atoms with van der Waals surface area (Å²) in [5.41, 5.74) is 1.91. The SMILES string of the molecule is CC(C)Cc1ccc(C(=O)CCC(=O)NC2CCC(O)CC2)cc1. The van der Waals surface area contributed by atoms with Crippen molar-refractivity contribution >= 4 is 11.7 Å². The summed E-state index contributed by atoms with van der Waals surface area (Å²) in [6.07, 6.45) is 4.37. The molecule has 2 N–H and O–H groups in total. The summed E-state index contributed by atoms with van der Waals surface area (Å²) in [5.74, 6) is 0.539. The first-order valence-corrected chi connectivity index (χ1v) is 9.03. The van der Waals surface area contributed by atoms with Gasteiger partial charge in [-0.3, -0.25) is 9.59 Å². The van der Waals surface area contributed by atoms with E-state index < -0.39 is 0 Å². The Morgan fingerprint density at radius 3 is 2.29 bits per heavy atom. The number of benzene rings is 1. The molecule has 0 unspecified atom stereocenters. The molecule has 0 heterocycles. The Bertz CT molecular complexity index is 543. The Labute approximate surface area is 144 Å². The van der Waals surface area contributed by atoms with Crippen molar-refractivity contribution < 1.29 is 14.7 Å². The fourth-order valence-corrected chi connectivity index (χ4v) is 3.19. The number of nitrogens with one attached hydrogen (secondary N) is 1. The predicted molar refractivity (Wildman–Crippen MR) is 95.0 cm³/mol. The van der Waals surface area contributed by atoms with Gasteiger partial charge in [0.05, 0.1) is 6.10 Å². The first-order valence-electron chi connectivity index (χ1n) is 9.03. The minimum absolute atomic E-state index is 0.0142. The van der Waals surface area contributed by atoms with Gasteiger partial charge < -0.3 is 10.4 Å². The quantitative estimate of drug-likeness (QED) is 0.754. The van der Waals surface area contributed by atoms with Crippen molar-refractivity contribution in [2.45, 2.75) is 70.9 Å². The monoisotopic (exact) mass is 331 g/mol. The van der Waals surface area contributed by atoms with Crippen molar-refractivity contribution in [2.75, 3.05) is 0 Å². The molecule has 0 atom stereocenters. The number of hydrogen-bond donors (Lipinski definition) is 2. The van der Waals surface area contributed by atoms with Gasteiger partial charge in [0, 0.05) is 24.4 Å². The second-order valence-electron chi connectivity index (χ2n) is 7.29. The highest BCUT2D eigenvalue weighted by Crippen LogP contribution is 2.18. The standard InChI is InChI=1S/C20H29NO3/c1-14(2)13-15-3-5-16(6-4-15)19(23)11-12-20(24)21-17-7-9-18(22)10-8-17/h3-6,14,17-18,22H,7-13H2,1-2H3,(H,21,24). The molecule has 1 amide bonds. The molecule has 1 aromatic carbocycles. The van der Waals surface area contributed by atoms with E-state index in [1.165, 1.54) is 5.56 Å². The lowest BCUT2D eigenvalue weighted by Crippen LogP contribution is -2.38. The maximum absolute atomic E-state index is 12.2. The number of aliphatic hydroxyl groups excluding tert-OH is 1. The van der Waals surface area contributed by atoms with Crippen LogP contribution in [0.2, 0.25) is 0 Å². The third-order valence-electron chi connectivity index (χ3n) is 4.56. The molecule has 2 rings (SSSR count). The topological polar surface area (TPSA) is 66.4 Å². The third kappa shape index (κ3) is 6.08. The van der Waals surface area contributed by atoms with Gasteiger partial charge in [0.15, 0.2) is 5.78 Å². The lowest BCUT2D eigenvalue weighted by atomic mass is 9.93. The number of aliphatic hydroxyl groups is 1. The Hall–Kier alpha value is -1.68. The molecule has 0 bridgehead atoms. The molecule has 4 nitrogen and oxygen atoms in total. The molecule has 4 heteroatoms. The zero-order chi connectivity index (χ0) is 17.5. The Morgan fingerprint density at radius 2 is 1.71 bits per heavy atom. The largest absolute Gasteiger partial charge is 0.393 e. The van der Waals surface area contributed by atoms with Gasteiger partial charge in [0.2, 0.25) is 5.91 Å². The van der Waals surface area contributed by atoms with Crippen molar-refractivity contribution in [2.24, 2.45) is 5.92 Å². The molecule has 0 spiro atoms. The lowest BCUT2D eigenvalue weighted by Gasteiger charge is -2.26. The number of carbonyl (C=O) groups excluding carboxylic acids is 2. The van der Waals surface area contributed by atoms with E-state index in [2.05, 4.69) is 19.2 Å². The highest BCUT2D eigenvalue weighted by molar-refractivity contribution is 5.98. The summed E-state index contributed by atoms with van der Waals surface area (Å²) in [6, 6.07) is 7.87. The van der Waals surface area contributed by atoms with E-state index in [4.69, 9.17) is 0 Å². The van der Waals surface area contributed by atoms with Crippen LogP contribution in [0.4, 0.5) is 0 Å². The molecule has 1 aromatic rings. The van der Waals surface area contributed by atoms with Gasteiger partial charge in [-0.15, -0.1) is 0 Å². The van der Waals surface area contributed by atoms with Crippen LogP contribution < -0.4 is 5.32 Å². The molecular weight excluding hydrogens is 302 g/mol. The van der Waals surface area contributed by atoms with Crippen molar-refractivity contribution in [3.8, 4) is 0 Å². The molecule has 0 saturated heterocycles. The van der Waals surface area contributed by atoms with Crippen LogP contribution in [0.3, 0.4) is 0 Å². The van der Waals surface area contributed by atoms with E-state index in [1.807, 2.05) is 24.3 Å². The summed E-state index contributed by atoms with van der Waals surface area (Å²) in [4.78, 5) is 24.2. The first kappa shape index (κ1) is 18.7. The van der Waals surface area contributed by atoms with E-state index in [-0.39, 0.29) is 36.7 Å². The second kappa shape index (κ2) is 8.97. The van der Waals surface area contributed by atoms with Gasteiger partial charge in [-0.25, -0.2) is 0 Å². The highest BCUT2D eigenvalue weighted by atomic mass is 16.3. The average Bonchev–Trinajstić information content (AvgIpc) is 2.55. The van der Waals surface area contributed by atoms with Crippen LogP contribution in [0.25, 0.3) is 0 Å². The number of ketones is 1. The van der Waals surface area contributed by atoms with E-state index in [0.717, 1.165) is 32.1 Å². The van der Waals surface area contributed by atoms with Crippen molar-refractivity contribution in [1.29, 1.82) is 0 Å². The molecule has 0 radical (unpaired) electrons. The fraction of sp³-hybridized carbons (Fsp3) is 0.600. The molecule has 0 aliphatic heterocycles. The number of rotatable bonds is 7. The summed E-state index contributed by atoms with van der Waals surface area (Å²) in [7, 11) is 0. The van der Waals surface area contributed by atoms with Crippen molar-refractivity contribution in [3.05, 3.63) is 35.4 Å². The van der Waals surface area contributed by atoms with E-state index in [1.54, 1.807) is 0 Å². The summed E-state index contributed by atoms with van der Waals surface area (Å²) >= 11 is 0. The van der Waals surface area contributed by atoms with Gasteiger partial charge in [-0.1, -0.05) is 38.1 Å². The molecule has 1 aliphatic carbocycles. The van der Waals surface area contributed by atoms with Crippen LogP contribution in [0, 0.1) is 5.92 Å². The normalized spacial score (nSPS) is 20.8. The fourth-order valence-electron chi connectivity index (χ4n) is 3.19. The van der Waals surface area contributed by atoms with Crippen molar-refractivity contribution in [1.82, 2.24) is 5.32 Å². The summed E-state index contributed by atoms with van der Waals surface area (Å²) in [6.45, 7) is 4.34. The van der Waals surface area contributed by atoms with Crippen LogP contribution in [0.1, 0.15) is 68.3 Å². The molecule has 1 saturated carbocycles. The number of hydrogen-bond acceptors (Lipinski definition) is 3. The molecule has 1 fully saturated rings. The van der Waals surface area contributed by atoms with Crippen molar-refractivity contribution in [3.63, 3.8) is 0 Å². The van der Waals surface area contributed by atoms with Crippen LogP contribution >= 0.6 is 0 Å². The number of Topliss-reactive ketones (excluding diaryl/α,β-unsaturated/α-hetero) is 1. The van der Waals surface area contributed by atoms with Crippen LogP contribution in [0.15, 0.2) is 24.3 Å². The minimum atomic E-state index is -0.224. The molecule has 0 aromatic heterocycles. The highest BCUT2D eigenvalue weighted by Gasteiger charge is 2.21. The number of carbonyl (C=O) groups is 2. The van der Waals surface area contributed by atoms with E-state index >= 15 is 0 Å². The summed E-state index contributed by atoms with van der Waals surface area (Å²) in [5, 5.41) is 12.4. The zero-order valence-electron chi connectivity index (χ0n) is 14.8. The van der Waals surface area contributed by atoms with Gasteiger partial charge >= 0.3 is 0 Å². The van der Waals surface area contributed by atoms with Crippen LogP contribution in [-0.2, 0) is 11.2 Å². The maximum atomic E-state index is 12.2. The van der Waals surface area contributed by atoms with Gasteiger partial charge in [0.25, 0.3) is 0 Å². The number of amides is 1. The van der Waals surface area contributed by atoms with Crippen LogP contribution in [-0.4, -0.2) is 28.9 Å². The molecule has 132 valence electrons.